The first-order valence-electron chi connectivity index (χ1n) is 7.77. The molecular weight excluding hydrogens is 242 g/mol. The van der Waals surface area contributed by atoms with Crippen LogP contribution in [0.1, 0.15) is 38.5 Å². The minimum absolute atomic E-state index is 0.0706. The van der Waals surface area contributed by atoms with Crippen LogP contribution < -0.4 is 5.32 Å². The molecule has 5 nitrogen and oxygen atoms in total. The molecule has 1 unspecified atom stereocenters. The molecule has 3 aliphatic rings. The summed E-state index contributed by atoms with van der Waals surface area (Å²) in [5, 5.41) is 5.03. The van der Waals surface area contributed by atoms with Crippen LogP contribution in [0.15, 0.2) is 0 Å². The molecule has 0 saturated carbocycles. The van der Waals surface area contributed by atoms with Crippen molar-refractivity contribution in [2.45, 2.75) is 50.6 Å². The van der Waals surface area contributed by atoms with Gasteiger partial charge in [-0.25, -0.2) is 5.06 Å². The molecule has 0 radical (unpaired) electrons. The fourth-order valence-electron chi connectivity index (χ4n) is 3.57. The van der Waals surface area contributed by atoms with Crippen LogP contribution in [-0.2, 0) is 9.63 Å². The largest absolute Gasteiger partial charge is 0.317 e. The highest BCUT2D eigenvalue weighted by Gasteiger charge is 2.38. The average molecular weight is 267 g/mol. The molecule has 0 aromatic carbocycles. The minimum atomic E-state index is 0.0706. The van der Waals surface area contributed by atoms with Gasteiger partial charge in [0.1, 0.15) is 0 Å². The number of piperidine rings is 1. The maximum Gasteiger partial charge on any atom is 0.263 e. The smallest absolute Gasteiger partial charge is 0.263 e. The van der Waals surface area contributed by atoms with Crippen molar-refractivity contribution in [2.75, 3.05) is 32.8 Å². The first-order chi connectivity index (χ1) is 9.36. The van der Waals surface area contributed by atoms with Crippen LogP contribution in [0, 0.1) is 0 Å². The zero-order valence-electron chi connectivity index (χ0n) is 11.6. The van der Waals surface area contributed by atoms with E-state index in [1.807, 2.05) is 0 Å². The number of rotatable bonds is 2. The summed E-state index contributed by atoms with van der Waals surface area (Å²) in [6.07, 6.45) is 6.64. The fraction of sp³-hybridized carbons (Fsp3) is 0.929. The first-order valence-corrected chi connectivity index (χ1v) is 7.77. The lowest BCUT2D eigenvalue weighted by molar-refractivity contribution is -0.202. The highest BCUT2D eigenvalue weighted by molar-refractivity contribution is 5.81. The first kappa shape index (κ1) is 13.3. The summed E-state index contributed by atoms with van der Waals surface area (Å²) < 4.78 is 0. The van der Waals surface area contributed by atoms with Gasteiger partial charge in [0.2, 0.25) is 0 Å². The van der Waals surface area contributed by atoms with E-state index in [1.54, 1.807) is 5.06 Å². The molecule has 0 aliphatic carbocycles. The maximum atomic E-state index is 12.6. The third-order valence-corrected chi connectivity index (χ3v) is 4.61. The average Bonchev–Trinajstić information content (AvgIpc) is 2.98. The van der Waals surface area contributed by atoms with Crippen molar-refractivity contribution < 1.29 is 9.63 Å². The Labute approximate surface area is 115 Å². The fourth-order valence-corrected chi connectivity index (χ4v) is 3.57. The zero-order valence-corrected chi connectivity index (χ0v) is 11.6. The molecule has 1 atom stereocenters. The predicted molar refractivity (Wildman–Crippen MR) is 72.5 cm³/mol. The van der Waals surface area contributed by atoms with Crippen LogP contribution in [0.25, 0.3) is 0 Å². The highest BCUT2D eigenvalue weighted by Crippen LogP contribution is 2.26. The second-order valence-corrected chi connectivity index (χ2v) is 5.86. The molecule has 1 amide bonds. The Morgan fingerprint density at radius 2 is 1.89 bits per heavy atom. The van der Waals surface area contributed by atoms with E-state index in [1.165, 1.54) is 12.8 Å². The number of hydrogen-bond acceptors (Lipinski definition) is 4. The summed E-state index contributed by atoms with van der Waals surface area (Å²) in [5.41, 5.74) is 0. The Bertz CT molecular complexity index is 312. The number of carbonyl (C=O) groups excluding carboxylic acids is 1. The number of carbonyl (C=O) groups is 1. The third kappa shape index (κ3) is 2.93. The van der Waals surface area contributed by atoms with Crippen LogP contribution in [0.3, 0.4) is 0 Å². The number of hydrogen-bond donors (Lipinski definition) is 1. The van der Waals surface area contributed by atoms with Crippen molar-refractivity contribution in [3.05, 3.63) is 0 Å². The molecule has 3 rings (SSSR count). The molecule has 0 aromatic rings. The van der Waals surface area contributed by atoms with Gasteiger partial charge in [-0.3, -0.25) is 14.5 Å². The van der Waals surface area contributed by atoms with Crippen molar-refractivity contribution in [2.24, 2.45) is 0 Å². The molecule has 3 fully saturated rings. The van der Waals surface area contributed by atoms with Gasteiger partial charge in [-0.05, 0) is 58.2 Å². The van der Waals surface area contributed by atoms with Gasteiger partial charge in [0, 0.05) is 12.6 Å². The molecule has 3 aliphatic heterocycles. The second kappa shape index (κ2) is 6.20. The normalized spacial score (nSPS) is 30.7. The van der Waals surface area contributed by atoms with Crippen molar-refractivity contribution in [1.82, 2.24) is 15.3 Å². The third-order valence-electron chi connectivity index (χ3n) is 4.61. The number of hydroxylamine groups is 2. The Morgan fingerprint density at radius 3 is 2.63 bits per heavy atom. The van der Waals surface area contributed by atoms with Crippen molar-refractivity contribution >= 4 is 5.91 Å². The van der Waals surface area contributed by atoms with Gasteiger partial charge in [0.15, 0.2) is 0 Å². The van der Waals surface area contributed by atoms with Crippen molar-refractivity contribution in [1.29, 1.82) is 0 Å². The van der Waals surface area contributed by atoms with E-state index >= 15 is 0 Å². The number of nitrogens with one attached hydrogen (secondary N) is 1. The van der Waals surface area contributed by atoms with E-state index < -0.39 is 0 Å². The van der Waals surface area contributed by atoms with Gasteiger partial charge in [0.05, 0.1) is 12.6 Å². The summed E-state index contributed by atoms with van der Waals surface area (Å²) in [5.74, 6) is 0.204. The van der Waals surface area contributed by atoms with Gasteiger partial charge < -0.3 is 5.32 Å². The molecule has 0 spiro atoms. The summed E-state index contributed by atoms with van der Waals surface area (Å²) in [6.45, 7) is 4.72. The number of likely N-dealkylation sites (tertiary alicyclic amines) is 1. The Kier molecular flexibility index (Phi) is 4.35. The molecule has 1 N–H and O–H groups in total. The van der Waals surface area contributed by atoms with Crippen LogP contribution in [0.4, 0.5) is 0 Å². The predicted octanol–water partition coefficient (Wildman–Crippen LogP) is 0.757. The molecule has 5 heteroatoms. The quantitative estimate of drug-likeness (QED) is 0.802. The van der Waals surface area contributed by atoms with Crippen LogP contribution >= 0.6 is 0 Å². The summed E-state index contributed by atoms with van der Waals surface area (Å²) in [6, 6.07) is 0.656. The SMILES string of the molecule is O=C(C1CCCN1C1CCNCC1)N1CCCCO1. The van der Waals surface area contributed by atoms with Crippen molar-refractivity contribution in [3.63, 3.8) is 0 Å². The van der Waals surface area contributed by atoms with Gasteiger partial charge in [-0.15, -0.1) is 0 Å². The Hall–Kier alpha value is -0.650. The second-order valence-electron chi connectivity index (χ2n) is 5.86. The molecule has 3 saturated heterocycles. The molecule has 108 valence electrons. The van der Waals surface area contributed by atoms with Gasteiger partial charge in [-0.1, -0.05) is 0 Å². The van der Waals surface area contributed by atoms with Gasteiger partial charge in [0.25, 0.3) is 5.91 Å². The lowest BCUT2D eigenvalue weighted by atomic mass is 10.0. The molecule has 0 bridgehead atoms. The summed E-state index contributed by atoms with van der Waals surface area (Å²) in [7, 11) is 0. The summed E-state index contributed by atoms with van der Waals surface area (Å²) >= 11 is 0. The lowest BCUT2D eigenvalue weighted by Crippen LogP contribution is -2.52. The Morgan fingerprint density at radius 1 is 1.05 bits per heavy atom. The molecule has 3 heterocycles. The van der Waals surface area contributed by atoms with Gasteiger partial charge >= 0.3 is 0 Å². The van der Waals surface area contributed by atoms with E-state index in [2.05, 4.69) is 10.2 Å². The number of amides is 1. The van der Waals surface area contributed by atoms with Crippen LogP contribution in [0.2, 0.25) is 0 Å². The number of nitrogens with zero attached hydrogens (tertiary/aromatic N) is 2. The van der Waals surface area contributed by atoms with E-state index in [0.717, 1.165) is 51.9 Å². The van der Waals surface area contributed by atoms with E-state index in [4.69, 9.17) is 4.84 Å². The summed E-state index contributed by atoms with van der Waals surface area (Å²) in [4.78, 5) is 20.6. The van der Waals surface area contributed by atoms with Crippen LogP contribution in [-0.4, -0.2) is 60.7 Å². The topological polar surface area (TPSA) is 44.8 Å². The van der Waals surface area contributed by atoms with E-state index in [-0.39, 0.29) is 11.9 Å². The maximum absolute atomic E-state index is 12.6. The van der Waals surface area contributed by atoms with Crippen molar-refractivity contribution in [3.8, 4) is 0 Å². The van der Waals surface area contributed by atoms with E-state index in [0.29, 0.717) is 12.6 Å². The minimum Gasteiger partial charge on any atom is -0.317 e. The highest BCUT2D eigenvalue weighted by atomic mass is 16.7. The molecule has 0 aromatic heterocycles. The Balaban J connectivity index is 1.62. The van der Waals surface area contributed by atoms with Crippen LogP contribution in [0.5, 0.6) is 0 Å². The standard InChI is InChI=1S/C14H25N3O2/c18-14(17-10-1-2-11-19-17)13-4-3-9-16(13)12-5-7-15-8-6-12/h12-13,15H,1-11H2. The van der Waals surface area contributed by atoms with Gasteiger partial charge in [-0.2, -0.15) is 0 Å². The monoisotopic (exact) mass is 267 g/mol. The molecular formula is C14H25N3O2. The molecule has 19 heavy (non-hydrogen) atoms. The van der Waals surface area contributed by atoms with E-state index in [9.17, 15) is 4.79 Å². The zero-order chi connectivity index (χ0) is 13.1. The lowest BCUT2D eigenvalue weighted by Gasteiger charge is -2.37.